The highest BCUT2D eigenvalue weighted by Crippen LogP contribution is 2.25. The van der Waals surface area contributed by atoms with Crippen LogP contribution in [-0.2, 0) is 0 Å². The van der Waals surface area contributed by atoms with Crippen LogP contribution in [0.4, 0.5) is 0 Å². The molecule has 23 heavy (non-hydrogen) atoms. The van der Waals surface area contributed by atoms with Crippen LogP contribution < -0.4 is 0 Å². The molecule has 5 nitrogen and oxygen atoms in total. The summed E-state index contributed by atoms with van der Waals surface area (Å²) in [4.78, 5) is 12.5. The largest absolute Gasteiger partial charge is 0.293 e. The highest BCUT2D eigenvalue weighted by atomic mass is 32.2. The molecule has 0 saturated carbocycles. The van der Waals surface area contributed by atoms with E-state index < -0.39 is 0 Å². The second kappa shape index (κ2) is 6.75. The number of Topliss-reactive ketones (excluding diaryl/α,β-unsaturated/α-hetero) is 1. The summed E-state index contributed by atoms with van der Waals surface area (Å²) in [6.45, 7) is 3.90. The summed E-state index contributed by atoms with van der Waals surface area (Å²) in [5.74, 6) is 0.0639. The molecule has 2 aromatic carbocycles. The van der Waals surface area contributed by atoms with Crippen molar-refractivity contribution in [3.8, 4) is 5.69 Å². The van der Waals surface area contributed by atoms with E-state index in [1.807, 2.05) is 68.4 Å². The average Bonchev–Trinajstić information content (AvgIpc) is 3.03. The number of rotatable bonds is 5. The summed E-state index contributed by atoms with van der Waals surface area (Å²) in [5, 5.41) is 12.1. The van der Waals surface area contributed by atoms with Crippen molar-refractivity contribution in [3.05, 3.63) is 65.7 Å². The summed E-state index contributed by atoms with van der Waals surface area (Å²) in [6, 6.07) is 17.2. The third kappa shape index (κ3) is 3.48. The molecule has 0 aliphatic rings. The number of nitrogens with zero attached hydrogens (tertiary/aromatic N) is 4. The molecular formula is C17H16N4OS. The zero-order valence-electron chi connectivity index (χ0n) is 12.9. The summed E-state index contributed by atoms with van der Waals surface area (Å²) < 4.78 is 1.65. The summed E-state index contributed by atoms with van der Waals surface area (Å²) in [7, 11) is 0. The van der Waals surface area contributed by atoms with Gasteiger partial charge < -0.3 is 0 Å². The van der Waals surface area contributed by atoms with Gasteiger partial charge in [-0.05, 0) is 36.4 Å². The first-order chi connectivity index (χ1) is 11.1. The predicted molar refractivity (Wildman–Crippen MR) is 90.0 cm³/mol. The molecule has 1 atom stereocenters. The Hall–Kier alpha value is -2.47. The molecule has 0 radical (unpaired) electrons. The smallest absolute Gasteiger partial charge is 0.214 e. The summed E-state index contributed by atoms with van der Waals surface area (Å²) in [6.07, 6.45) is 0. The van der Waals surface area contributed by atoms with Crippen molar-refractivity contribution in [1.29, 1.82) is 0 Å². The lowest BCUT2D eigenvalue weighted by atomic mass is 10.1. The van der Waals surface area contributed by atoms with Crippen LogP contribution in [0.1, 0.15) is 22.8 Å². The lowest BCUT2D eigenvalue weighted by Gasteiger charge is -2.10. The monoisotopic (exact) mass is 324 g/mol. The minimum atomic E-state index is -0.271. The van der Waals surface area contributed by atoms with Crippen LogP contribution in [0.25, 0.3) is 5.69 Å². The number of aromatic nitrogens is 4. The number of tetrazole rings is 1. The Morgan fingerprint density at radius 2 is 1.78 bits per heavy atom. The Kier molecular flexibility index (Phi) is 4.52. The minimum Gasteiger partial charge on any atom is -0.293 e. The zero-order valence-corrected chi connectivity index (χ0v) is 13.7. The Bertz CT molecular complexity index is 799. The van der Waals surface area contributed by atoms with E-state index in [-0.39, 0.29) is 11.0 Å². The molecule has 0 N–H and O–H groups in total. The van der Waals surface area contributed by atoms with Crippen LogP contribution in [0, 0.1) is 6.92 Å². The number of aryl methyl sites for hydroxylation is 1. The van der Waals surface area contributed by atoms with E-state index in [1.54, 1.807) is 4.68 Å². The molecule has 0 aliphatic heterocycles. The first-order valence-electron chi connectivity index (χ1n) is 7.26. The van der Waals surface area contributed by atoms with E-state index in [4.69, 9.17) is 0 Å². The van der Waals surface area contributed by atoms with Gasteiger partial charge >= 0.3 is 0 Å². The molecule has 0 bridgehead atoms. The molecule has 1 unspecified atom stereocenters. The van der Waals surface area contributed by atoms with Crippen molar-refractivity contribution in [2.24, 2.45) is 0 Å². The van der Waals surface area contributed by atoms with Crippen LogP contribution in [0.5, 0.6) is 0 Å². The molecule has 3 rings (SSSR count). The van der Waals surface area contributed by atoms with Gasteiger partial charge in [-0.2, -0.15) is 4.68 Å². The topological polar surface area (TPSA) is 60.7 Å². The number of hydrogen-bond donors (Lipinski definition) is 0. The van der Waals surface area contributed by atoms with E-state index in [2.05, 4.69) is 15.5 Å². The Balaban J connectivity index is 1.80. The Morgan fingerprint density at radius 1 is 1.09 bits per heavy atom. The maximum Gasteiger partial charge on any atom is 0.214 e. The fourth-order valence-electron chi connectivity index (χ4n) is 2.15. The standard InChI is InChI=1S/C17H16N4OS/c1-12-8-10-15(11-9-12)21-17(18-19-20-21)23-13(2)16(22)14-6-4-3-5-7-14/h3-11,13H,1-2H3. The van der Waals surface area contributed by atoms with Gasteiger partial charge in [-0.1, -0.05) is 59.8 Å². The van der Waals surface area contributed by atoms with Gasteiger partial charge in [0.25, 0.3) is 0 Å². The first-order valence-corrected chi connectivity index (χ1v) is 8.14. The average molecular weight is 324 g/mol. The normalized spacial score (nSPS) is 12.1. The SMILES string of the molecule is Cc1ccc(-n2nnnc2SC(C)C(=O)c2ccccc2)cc1. The second-order valence-electron chi connectivity index (χ2n) is 5.20. The third-order valence-electron chi connectivity index (χ3n) is 3.43. The van der Waals surface area contributed by atoms with Crippen molar-refractivity contribution < 1.29 is 4.79 Å². The van der Waals surface area contributed by atoms with Crippen molar-refractivity contribution >= 4 is 17.5 Å². The van der Waals surface area contributed by atoms with Gasteiger partial charge in [-0.3, -0.25) is 4.79 Å². The molecule has 116 valence electrons. The molecule has 0 fully saturated rings. The fourth-order valence-corrected chi connectivity index (χ4v) is 3.03. The number of benzene rings is 2. The molecule has 0 spiro atoms. The lowest BCUT2D eigenvalue weighted by molar-refractivity contribution is 0.0994. The van der Waals surface area contributed by atoms with Crippen molar-refractivity contribution in [1.82, 2.24) is 20.2 Å². The molecule has 3 aromatic rings. The molecule has 6 heteroatoms. The number of ketones is 1. The van der Waals surface area contributed by atoms with Crippen LogP contribution in [0.2, 0.25) is 0 Å². The molecule has 1 aromatic heterocycles. The molecule has 0 amide bonds. The van der Waals surface area contributed by atoms with E-state index in [0.717, 1.165) is 5.69 Å². The Labute approximate surface area is 138 Å². The van der Waals surface area contributed by atoms with Gasteiger partial charge in [-0.25, -0.2) is 0 Å². The molecule has 0 aliphatic carbocycles. The van der Waals surface area contributed by atoms with Gasteiger partial charge in [0.05, 0.1) is 10.9 Å². The van der Waals surface area contributed by atoms with Crippen LogP contribution in [0.15, 0.2) is 59.8 Å². The van der Waals surface area contributed by atoms with Crippen LogP contribution >= 0.6 is 11.8 Å². The maximum absolute atomic E-state index is 12.5. The fraction of sp³-hybridized carbons (Fsp3) is 0.176. The molecule has 1 heterocycles. The second-order valence-corrected chi connectivity index (χ2v) is 6.51. The van der Waals surface area contributed by atoms with E-state index in [0.29, 0.717) is 10.7 Å². The summed E-state index contributed by atoms with van der Waals surface area (Å²) >= 11 is 1.36. The quantitative estimate of drug-likeness (QED) is 0.532. The zero-order chi connectivity index (χ0) is 16.2. The van der Waals surface area contributed by atoms with Crippen molar-refractivity contribution in [3.63, 3.8) is 0 Å². The van der Waals surface area contributed by atoms with Gasteiger partial charge in [0.1, 0.15) is 0 Å². The van der Waals surface area contributed by atoms with Gasteiger partial charge in [0.15, 0.2) is 5.78 Å². The predicted octanol–water partition coefficient (Wildman–Crippen LogP) is 3.33. The van der Waals surface area contributed by atoms with Gasteiger partial charge in [-0.15, -0.1) is 5.10 Å². The number of thioether (sulfide) groups is 1. The van der Waals surface area contributed by atoms with Crippen LogP contribution in [0.3, 0.4) is 0 Å². The van der Waals surface area contributed by atoms with Crippen molar-refractivity contribution in [2.45, 2.75) is 24.3 Å². The molecular weight excluding hydrogens is 308 g/mol. The highest BCUT2D eigenvalue weighted by Gasteiger charge is 2.20. The Morgan fingerprint density at radius 3 is 2.48 bits per heavy atom. The molecule has 0 saturated heterocycles. The highest BCUT2D eigenvalue weighted by molar-refractivity contribution is 8.00. The third-order valence-corrected chi connectivity index (χ3v) is 4.46. The minimum absolute atomic E-state index is 0.0639. The first kappa shape index (κ1) is 15.4. The maximum atomic E-state index is 12.5. The van der Waals surface area contributed by atoms with Crippen LogP contribution in [-0.4, -0.2) is 31.2 Å². The van der Waals surface area contributed by atoms with Crippen molar-refractivity contribution in [2.75, 3.05) is 0 Å². The summed E-state index contributed by atoms with van der Waals surface area (Å²) in [5.41, 5.74) is 2.74. The van der Waals surface area contributed by atoms with E-state index in [9.17, 15) is 4.79 Å². The van der Waals surface area contributed by atoms with Gasteiger partial charge in [0, 0.05) is 5.56 Å². The van der Waals surface area contributed by atoms with Gasteiger partial charge in [0.2, 0.25) is 5.16 Å². The van der Waals surface area contributed by atoms with E-state index in [1.165, 1.54) is 17.3 Å². The number of hydrogen-bond acceptors (Lipinski definition) is 5. The lowest BCUT2D eigenvalue weighted by Crippen LogP contribution is -2.14. The van der Waals surface area contributed by atoms with E-state index >= 15 is 0 Å². The number of carbonyl (C=O) groups excluding carboxylic acids is 1. The number of carbonyl (C=O) groups is 1.